The standard InChI is InChI=1S/C14H19N3O/c1-3-17-10-9-16-14(17)12(15)13(18-2)11-7-5-4-6-8-11/h4-10,12-13H,3,15H2,1-2H3. The lowest BCUT2D eigenvalue weighted by Gasteiger charge is -2.23. The Bertz CT molecular complexity index is 481. The van der Waals surface area contributed by atoms with Crippen molar-refractivity contribution in [2.45, 2.75) is 25.6 Å². The maximum absolute atomic E-state index is 6.29. The van der Waals surface area contributed by atoms with Gasteiger partial charge in [0.2, 0.25) is 0 Å². The van der Waals surface area contributed by atoms with Crippen molar-refractivity contribution in [3.63, 3.8) is 0 Å². The van der Waals surface area contributed by atoms with Gasteiger partial charge in [-0.1, -0.05) is 30.3 Å². The molecule has 0 aliphatic carbocycles. The highest BCUT2D eigenvalue weighted by Gasteiger charge is 2.24. The van der Waals surface area contributed by atoms with Crippen molar-refractivity contribution in [1.82, 2.24) is 9.55 Å². The zero-order chi connectivity index (χ0) is 13.0. The van der Waals surface area contributed by atoms with E-state index < -0.39 is 0 Å². The van der Waals surface area contributed by atoms with Gasteiger partial charge in [0, 0.05) is 26.0 Å². The molecule has 0 saturated heterocycles. The molecule has 0 saturated carbocycles. The summed E-state index contributed by atoms with van der Waals surface area (Å²) in [5.41, 5.74) is 7.36. The molecule has 96 valence electrons. The molecular formula is C14H19N3O. The summed E-state index contributed by atoms with van der Waals surface area (Å²) >= 11 is 0. The summed E-state index contributed by atoms with van der Waals surface area (Å²) in [5.74, 6) is 0.855. The van der Waals surface area contributed by atoms with Crippen LogP contribution in [0.2, 0.25) is 0 Å². The first-order valence-electron chi connectivity index (χ1n) is 6.12. The van der Waals surface area contributed by atoms with Crippen molar-refractivity contribution < 1.29 is 4.74 Å². The number of methoxy groups -OCH3 is 1. The predicted octanol–water partition coefficient (Wildman–Crippen LogP) is 2.29. The molecule has 0 aliphatic rings. The maximum Gasteiger partial charge on any atom is 0.128 e. The van der Waals surface area contributed by atoms with Crippen LogP contribution in [0.25, 0.3) is 0 Å². The number of benzene rings is 1. The molecule has 1 heterocycles. The number of hydrogen-bond donors (Lipinski definition) is 1. The molecule has 2 rings (SSSR count). The Kier molecular flexibility index (Phi) is 4.12. The van der Waals surface area contributed by atoms with Gasteiger partial charge >= 0.3 is 0 Å². The fourth-order valence-electron chi connectivity index (χ4n) is 2.15. The minimum absolute atomic E-state index is 0.182. The van der Waals surface area contributed by atoms with Gasteiger partial charge in [-0.2, -0.15) is 0 Å². The van der Waals surface area contributed by atoms with E-state index in [2.05, 4.69) is 11.9 Å². The summed E-state index contributed by atoms with van der Waals surface area (Å²) in [6, 6.07) is 9.73. The van der Waals surface area contributed by atoms with Gasteiger partial charge in [0.15, 0.2) is 0 Å². The number of nitrogens with two attached hydrogens (primary N) is 1. The molecule has 2 atom stereocenters. The van der Waals surface area contributed by atoms with Gasteiger partial charge < -0.3 is 15.0 Å². The third-order valence-electron chi connectivity index (χ3n) is 3.09. The molecule has 18 heavy (non-hydrogen) atoms. The molecule has 2 unspecified atom stereocenters. The summed E-state index contributed by atoms with van der Waals surface area (Å²) < 4.78 is 7.58. The summed E-state index contributed by atoms with van der Waals surface area (Å²) in [6.45, 7) is 2.93. The Balaban J connectivity index is 2.28. The van der Waals surface area contributed by atoms with Crippen LogP contribution in [0.15, 0.2) is 42.7 Å². The summed E-state index contributed by atoms with van der Waals surface area (Å²) in [4.78, 5) is 4.34. The molecule has 0 aliphatic heterocycles. The van der Waals surface area contributed by atoms with Crippen LogP contribution in [0.1, 0.15) is 30.5 Å². The molecule has 2 aromatic rings. The molecular weight excluding hydrogens is 226 g/mol. The highest BCUT2D eigenvalue weighted by Crippen LogP contribution is 2.28. The monoisotopic (exact) mass is 245 g/mol. The largest absolute Gasteiger partial charge is 0.375 e. The summed E-state index contributed by atoms with van der Waals surface area (Å²) in [5, 5.41) is 0. The van der Waals surface area contributed by atoms with Crippen molar-refractivity contribution in [3.8, 4) is 0 Å². The number of imidazole rings is 1. The van der Waals surface area contributed by atoms with Crippen LogP contribution in [0.5, 0.6) is 0 Å². The van der Waals surface area contributed by atoms with E-state index in [1.54, 1.807) is 13.3 Å². The van der Waals surface area contributed by atoms with Crippen LogP contribution in [0.3, 0.4) is 0 Å². The van der Waals surface area contributed by atoms with E-state index in [4.69, 9.17) is 10.5 Å². The quantitative estimate of drug-likeness (QED) is 0.879. The Morgan fingerprint density at radius 2 is 2.06 bits per heavy atom. The smallest absolute Gasteiger partial charge is 0.128 e. The van der Waals surface area contributed by atoms with Crippen LogP contribution < -0.4 is 5.73 Å². The second-order valence-electron chi connectivity index (χ2n) is 4.16. The zero-order valence-corrected chi connectivity index (χ0v) is 10.8. The van der Waals surface area contributed by atoms with Crippen molar-refractivity contribution in [2.24, 2.45) is 5.73 Å². The molecule has 4 heteroatoms. The molecule has 2 N–H and O–H groups in total. The zero-order valence-electron chi connectivity index (χ0n) is 10.8. The second-order valence-corrected chi connectivity index (χ2v) is 4.16. The molecule has 0 radical (unpaired) electrons. The van der Waals surface area contributed by atoms with Crippen LogP contribution in [-0.4, -0.2) is 16.7 Å². The minimum Gasteiger partial charge on any atom is -0.375 e. The number of ether oxygens (including phenoxy) is 1. The van der Waals surface area contributed by atoms with Crippen LogP contribution in [0, 0.1) is 0 Å². The number of rotatable bonds is 5. The highest BCUT2D eigenvalue weighted by atomic mass is 16.5. The lowest BCUT2D eigenvalue weighted by atomic mass is 10.0. The molecule has 0 bridgehead atoms. The van der Waals surface area contributed by atoms with Gasteiger partial charge in [0.1, 0.15) is 11.9 Å². The molecule has 4 nitrogen and oxygen atoms in total. The van der Waals surface area contributed by atoms with Gasteiger partial charge in [0.25, 0.3) is 0 Å². The number of aromatic nitrogens is 2. The molecule has 0 amide bonds. The first kappa shape index (κ1) is 12.8. The van der Waals surface area contributed by atoms with E-state index in [0.29, 0.717) is 0 Å². The Morgan fingerprint density at radius 3 is 2.67 bits per heavy atom. The number of nitrogens with zero attached hydrogens (tertiary/aromatic N) is 2. The van der Waals surface area contributed by atoms with Gasteiger partial charge in [-0.25, -0.2) is 4.98 Å². The lowest BCUT2D eigenvalue weighted by Crippen LogP contribution is -2.24. The average Bonchev–Trinajstić information content (AvgIpc) is 2.89. The lowest BCUT2D eigenvalue weighted by molar-refractivity contribution is 0.0766. The Morgan fingerprint density at radius 1 is 1.33 bits per heavy atom. The summed E-state index contributed by atoms with van der Waals surface area (Å²) in [7, 11) is 1.68. The van der Waals surface area contributed by atoms with E-state index >= 15 is 0 Å². The predicted molar refractivity (Wildman–Crippen MR) is 71.0 cm³/mol. The van der Waals surface area contributed by atoms with E-state index in [-0.39, 0.29) is 12.1 Å². The normalized spacial score (nSPS) is 14.4. The third kappa shape index (κ3) is 2.44. The van der Waals surface area contributed by atoms with Crippen LogP contribution in [-0.2, 0) is 11.3 Å². The van der Waals surface area contributed by atoms with E-state index in [1.807, 2.05) is 41.1 Å². The first-order valence-corrected chi connectivity index (χ1v) is 6.12. The van der Waals surface area contributed by atoms with Crippen molar-refractivity contribution in [3.05, 3.63) is 54.1 Å². The van der Waals surface area contributed by atoms with Crippen LogP contribution >= 0.6 is 0 Å². The SMILES string of the molecule is CCn1ccnc1C(N)C(OC)c1ccccc1. The highest BCUT2D eigenvalue weighted by molar-refractivity contribution is 5.21. The van der Waals surface area contributed by atoms with Gasteiger partial charge in [-0.15, -0.1) is 0 Å². The molecule has 0 spiro atoms. The van der Waals surface area contributed by atoms with Gasteiger partial charge in [-0.05, 0) is 12.5 Å². The first-order chi connectivity index (χ1) is 8.77. The fraction of sp³-hybridized carbons (Fsp3) is 0.357. The summed E-state index contributed by atoms with van der Waals surface area (Å²) in [6.07, 6.45) is 3.53. The number of hydrogen-bond acceptors (Lipinski definition) is 3. The van der Waals surface area contributed by atoms with Crippen molar-refractivity contribution in [1.29, 1.82) is 0 Å². The average molecular weight is 245 g/mol. The number of aryl methyl sites for hydroxylation is 1. The molecule has 1 aromatic carbocycles. The van der Waals surface area contributed by atoms with E-state index in [0.717, 1.165) is 17.9 Å². The van der Waals surface area contributed by atoms with E-state index in [1.165, 1.54) is 0 Å². The molecule has 1 aromatic heterocycles. The van der Waals surface area contributed by atoms with Crippen molar-refractivity contribution in [2.75, 3.05) is 7.11 Å². The fourth-order valence-corrected chi connectivity index (χ4v) is 2.15. The Hall–Kier alpha value is -1.65. The Labute approximate surface area is 107 Å². The van der Waals surface area contributed by atoms with Gasteiger partial charge in [-0.3, -0.25) is 0 Å². The van der Waals surface area contributed by atoms with Crippen LogP contribution in [0.4, 0.5) is 0 Å². The topological polar surface area (TPSA) is 53.1 Å². The van der Waals surface area contributed by atoms with Gasteiger partial charge in [0.05, 0.1) is 6.04 Å². The minimum atomic E-state index is -0.271. The maximum atomic E-state index is 6.29. The van der Waals surface area contributed by atoms with Crippen molar-refractivity contribution >= 4 is 0 Å². The molecule has 0 fully saturated rings. The second kappa shape index (κ2) is 5.80. The third-order valence-corrected chi connectivity index (χ3v) is 3.09. The van der Waals surface area contributed by atoms with E-state index in [9.17, 15) is 0 Å².